The van der Waals surface area contributed by atoms with Crippen molar-refractivity contribution < 1.29 is 19.1 Å². The Morgan fingerprint density at radius 1 is 1.44 bits per heavy atom. The van der Waals surface area contributed by atoms with Crippen LogP contribution in [0.1, 0.15) is 26.5 Å². The first-order valence-electron chi connectivity index (χ1n) is 5.11. The van der Waals surface area contributed by atoms with E-state index in [9.17, 15) is 9.59 Å². The van der Waals surface area contributed by atoms with Gasteiger partial charge in [0, 0.05) is 6.20 Å². The molecule has 0 bridgehead atoms. The zero-order chi connectivity index (χ0) is 13.1. The molecule has 92 valence electrons. The molecule has 6 nitrogen and oxygen atoms in total. The average molecular weight is 246 g/mol. The van der Waals surface area contributed by atoms with Crippen molar-refractivity contribution in [3.8, 4) is 0 Å². The highest BCUT2D eigenvalue weighted by atomic mass is 16.4. The summed E-state index contributed by atoms with van der Waals surface area (Å²) in [6.07, 6.45) is 3.94. The van der Waals surface area contributed by atoms with Crippen LogP contribution in [0.3, 0.4) is 0 Å². The molecular weight excluding hydrogens is 236 g/mol. The van der Waals surface area contributed by atoms with Gasteiger partial charge in [0.15, 0.2) is 0 Å². The van der Waals surface area contributed by atoms with Gasteiger partial charge in [-0.15, -0.1) is 0 Å². The van der Waals surface area contributed by atoms with Gasteiger partial charge < -0.3 is 14.8 Å². The third-order valence-corrected chi connectivity index (χ3v) is 2.29. The molecule has 0 radical (unpaired) electrons. The number of amides is 1. The number of hydrogen-bond acceptors (Lipinski definition) is 4. The molecule has 1 amide bonds. The predicted molar refractivity (Wildman–Crippen MR) is 62.6 cm³/mol. The fourth-order valence-corrected chi connectivity index (χ4v) is 1.44. The van der Waals surface area contributed by atoms with Crippen molar-refractivity contribution in [2.24, 2.45) is 0 Å². The van der Waals surface area contributed by atoms with E-state index in [0.29, 0.717) is 11.3 Å². The highest BCUT2D eigenvalue weighted by molar-refractivity contribution is 6.07. The number of aryl methyl sites for hydroxylation is 1. The van der Waals surface area contributed by atoms with E-state index in [0.717, 1.165) is 0 Å². The number of carbonyl (C=O) groups excluding carboxylic acids is 1. The number of aromatic carboxylic acids is 1. The molecule has 2 aromatic rings. The summed E-state index contributed by atoms with van der Waals surface area (Å²) in [6.45, 7) is 1.71. The van der Waals surface area contributed by atoms with E-state index < -0.39 is 11.9 Å². The molecule has 6 heteroatoms. The van der Waals surface area contributed by atoms with Gasteiger partial charge in [-0.2, -0.15) is 0 Å². The molecular formula is C12H10N2O4. The summed E-state index contributed by atoms with van der Waals surface area (Å²) >= 11 is 0. The van der Waals surface area contributed by atoms with Crippen LogP contribution in [-0.4, -0.2) is 22.0 Å². The van der Waals surface area contributed by atoms with Crippen LogP contribution < -0.4 is 5.32 Å². The Hall–Kier alpha value is -2.63. The fourth-order valence-electron chi connectivity index (χ4n) is 1.44. The van der Waals surface area contributed by atoms with Crippen molar-refractivity contribution in [3.05, 3.63) is 47.7 Å². The molecule has 0 saturated carbocycles. The molecule has 0 fully saturated rings. The maximum absolute atomic E-state index is 11.8. The van der Waals surface area contributed by atoms with Gasteiger partial charge in [-0.3, -0.25) is 9.78 Å². The van der Waals surface area contributed by atoms with Crippen molar-refractivity contribution in [2.45, 2.75) is 6.92 Å². The lowest BCUT2D eigenvalue weighted by atomic mass is 10.2. The lowest BCUT2D eigenvalue weighted by molar-refractivity contribution is 0.0698. The third-order valence-electron chi connectivity index (χ3n) is 2.29. The second kappa shape index (κ2) is 4.70. The topological polar surface area (TPSA) is 92.4 Å². The quantitative estimate of drug-likeness (QED) is 0.863. The highest BCUT2D eigenvalue weighted by Crippen LogP contribution is 2.15. The van der Waals surface area contributed by atoms with E-state index >= 15 is 0 Å². The number of carbonyl (C=O) groups is 2. The van der Waals surface area contributed by atoms with Crippen molar-refractivity contribution in [1.29, 1.82) is 0 Å². The first kappa shape index (κ1) is 11.8. The average Bonchev–Trinajstić information content (AvgIpc) is 2.76. The Kier molecular flexibility index (Phi) is 3.09. The van der Waals surface area contributed by atoms with Gasteiger partial charge in [0.05, 0.1) is 23.0 Å². The van der Waals surface area contributed by atoms with Gasteiger partial charge in [-0.1, -0.05) is 0 Å². The van der Waals surface area contributed by atoms with Gasteiger partial charge in [-0.05, 0) is 19.1 Å². The first-order chi connectivity index (χ1) is 8.58. The number of nitrogens with zero attached hydrogens (tertiary/aromatic N) is 1. The minimum atomic E-state index is -1.13. The maximum atomic E-state index is 11.8. The van der Waals surface area contributed by atoms with Crippen LogP contribution in [0, 0.1) is 6.92 Å². The van der Waals surface area contributed by atoms with Crippen LogP contribution in [0.15, 0.2) is 35.2 Å². The molecule has 0 saturated heterocycles. The largest absolute Gasteiger partial charge is 0.478 e. The Balaban J connectivity index is 2.24. The summed E-state index contributed by atoms with van der Waals surface area (Å²) in [6, 6.07) is 2.88. The number of aromatic nitrogens is 1. The van der Waals surface area contributed by atoms with Crippen LogP contribution in [0.5, 0.6) is 0 Å². The van der Waals surface area contributed by atoms with E-state index in [2.05, 4.69) is 10.3 Å². The van der Waals surface area contributed by atoms with Gasteiger partial charge in [0.2, 0.25) is 0 Å². The number of pyridine rings is 1. The van der Waals surface area contributed by atoms with Crippen LogP contribution in [0.25, 0.3) is 0 Å². The summed E-state index contributed by atoms with van der Waals surface area (Å²) in [5.41, 5.74) is 0.458. The summed E-state index contributed by atoms with van der Waals surface area (Å²) in [5, 5.41) is 11.4. The number of rotatable bonds is 3. The van der Waals surface area contributed by atoms with Gasteiger partial charge in [-0.25, -0.2) is 4.79 Å². The molecule has 0 unspecified atom stereocenters. The molecule has 0 aliphatic rings. The minimum absolute atomic E-state index is 0.0152. The first-order valence-corrected chi connectivity index (χ1v) is 5.11. The van der Waals surface area contributed by atoms with Crippen molar-refractivity contribution in [3.63, 3.8) is 0 Å². The third kappa shape index (κ3) is 2.37. The van der Waals surface area contributed by atoms with Crippen LogP contribution in [0.2, 0.25) is 0 Å². The second-order valence-electron chi connectivity index (χ2n) is 3.63. The highest BCUT2D eigenvalue weighted by Gasteiger charge is 2.14. The number of furan rings is 1. The Labute approximate surface area is 102 Å². The van der Waals surface area contributed by atoms with E-state index in [1.807, 2.05) is 0 Å². The fraction of sp³-hybridized carbons (Fsp3) is 0.0833. The molecule has 0 aliphatic heterocycles. The summed E-state index contributed by atoms with van der Waals surface area (Å²) in [5.74, 6) is -0.969. The number of hydrogen-bond donors (Lipinski definition) is 2. The van der Waals surface area contributed by atoms with Crippen molar-refractivity contribution in [2.75, 3.05) is 5.32 Å². The summed E-state index contributed by atoms with van der Waals surface area (Å²) in [7, 11) is 0. The van der Waals surface area contributed by atoms with Gasteiger partial charge in [0.25, 0.3) is 5.91 Å². The Morgan fingerprint density at radius 2 is 2.22 bits per heavy atom. The monoisotopic (exact) mass is 246 g/mol. The molecule has 2 rings (SSSR count). The lowest BCUT2D eigenvalue weighted by Gasteiger charge is -2.05. The molecule has 2 N–H and O–H groups in total. The molecule has 18 heavy (non-hydrogen) atoms. The van der Waals surface area contributed by atoms with E-state index in [1.54, 1.807) is 13.0 Å². The molecule has 2 heterocycles. The Morgan fingerprint density at radius 3 is 2.83 bits per heavy atom. The molecule has 0 aliphatic carbocycles. The van der Waals surface area contributed by atoms with Crippen LogP contribution in [0.4, 0.5) is 5.69 Å². The molecule has 2 aromatic heterocycles. The Bertz CT molecular complexity index is 604. The van der Waals surface area contributed by atoms with E-state index in [1.165, 1.54) is 24.7 Å². The number of carboxylic acid groups (broad SMARTS) is 1. The van der Waals surface area contributed by atoms with E-state index in [-0.39, 0.29) is 11.3 Å². The SMILES string of the molecule is Cc1cc(C(=O)Nc2cnccc2C(=O)O)co1. The molecule has 0 atom stereocenters. The lowest BCUT2D eigenvalue weighted by Crippen LogP contribution is -2.14. The second-order valence-corrected chi connectivity index (χ2v) is 3.63. The van der Waals surface area contributed by atoms with Crippen molar-refractivity contribution in [1.82, 2.24) is 4.98 Å². The van der Waals surface area contributed by atoms with Crippen LogP contribution in [-0.2, 0) is 0 Å². The maximum Gasteiger partial charge on any atom is 0.337 e. The van der Waals surface area contributed by atoms with Crippen molar-refractivity contribution >= 4 is 17.6 Å². The molecule has 0 spiro atoms. The van der Waals surface area contributed by atoms with E-state index in [4.69, 9.17) is 9.52 Å². The number of carboxylic acids is 1. The summed E-state index contributed by atoms with van der Waals surface area (Å²) < 4.78 is 5.01. The van der Waals surface area contributed by atoms with Crippen LogP contribution >= 0.6 is 0 Å². The zero-order valence-corrected chi connectivity index (χ0v) is 9.51. The predicted octanol–water partition coefficient (Wildman–Crippen LogP) is 1.93. The minimum Gasteiger partial charge on any atom is -0.478 e. The van der Waals surface area contributed by atoms with Gasteiger partial charge in [0.1, 0.15) is 12.0 Å². The molecule has 0 aromatic carbocycles. The normalized spacial score (nSPS) is 10.1. The number of anilines is 1. The zero-order valence-electron chi connectivity index (χ0n) is 9.51. The van der Waals surface area contributed by atoms with Gasteiger partial charge >= 0.3 is 5.97 Å². The smallest absolute Gasteiger partial charge is 0.337 e. The standard InChI is InChI=1S/C12H10N2O4/c1-7-4-8(6-18-7)11(15)14-10-5-13-3-2-9(10)12(16)17/h2-6H,1H3,(H,14,15)(H,16,17). The summed E-state index contributed by atoms with van der Waals surface area (Å²) in [4.78, 5) is 26.5. The number of nitrogens with one attached hydrogen (secondary N) is 1.